The molecule has 0 spiro atoms. The number of pyridine rings is 1. The van der Waals surface area contributed by atoms with Crippen LogP contribution >= 0.6 is 22.3 Å². The summed E-state index contributed by atoms with van der Waals surface area (Å²) in [5.41, 5.74) is 5.31. The van der Waals surface area contributed by atoms with Crippen molar-refractivity contribution < 1.29 is 15.1 Å². The number of benzene rings is 1. The summed E-state index contributed by atoms with van der Waals surface area (Å²) in [5, 5.41) is 7.68. The van der Waals surface area contributed by atoms with Crippen LogP contribution < -0.4 is 10.7 Å². The average Bonchev–Trinajstić information content (AvgIpc) is 2.56. The van der Waals surface area contributed by atoms with Crippen molar-refractivity contribution in [1.29, 1.82) is 0 Å². The molecule has 1 aromatic heterocycles. The van der Waals surface area contributed by atoms with Gasteiger partial charge in [0.15, 0.2) is 5.11 Å². The molecule has 2 rings (SSSR count). The second kappa shape index (κ2) is 10.3. The van der Waals surface area contributed by atoms with Crippen molar-refractivity contribution in [1.82, 2.24) is 10.4 Å². The summed E-state index contributed by atoms with van der Waals surface area (Å²) in [6.07, 6.45) is 1.73. The second-order valence-corrected chi connectivity index (χ2v) is 4.25. The third kappa shape index (κ3) is 6.69. The third-order valence-electron chi connectivity index (χ3n) is 2.39. The Balaban J connectivity index is 0.00000106. The van der Waals surface area contributed by atoms with Gasteiger partial charge in [0.05, 0.1) is 11.4 Å². The summed E-state index contributed by atoms with van der Waals surface area (Å²) in [6, 6.07) is 15.4. The molecule has 2 N–H and O–H groups in total. The molecule has 0 atom stereocenters. The average molecular weight is 369 g/mol. The molecule has 0 amide bonds. The fraction of sp³-hybridized carbons (Fsp3) is 0.0714. The summed E-state index contributed by atoms with van der Waals surface area (Å²) in [4.78, 5) is 4.21. The topological polar surface area (TPSA) is 49.3 Å². The first kappa shape index (κ1) is 17.6. The van der Waals surface area contributed by atoms with Crippen molar-refractivity contribution in [3.8, 4) is 0 Å². The molecule has 0 aliphatic rings. The molecule has 0 aliphatic heterocycles. The van der Waals surface area contributed by atoms with Crippen LogP contribution in [0.3, 0.4) is 0 Å². The van der Waals surface area contributed by atoms with Crippen LogP contribution in [0, 0.1) is 0 Å². The molecular formula is C14H14ClCuN4S. The van der Waals surface area contributed by atoms with Gasteiger partial charge in [-0.25, -0.2) is 0 Å². The molecule has 114 valence electrons. The van der Waals surface area contributed by atoms with E-state index in [0.717, 1.165) is 17.1 Å². The first-order chi connectivity index (χ1) is 10.3. The Labute approximate surface area is 142 Å². The van der Waals surface area contributed by atoms with Gasteiger partial charge in [-0.05, 0) is 43.4 Å². The number of nitrogens with one attached hydrogen (secondary N) is 2. The number of hydrogen-bond acceptors (Lipinski definition) is 3. The van der Waals surface area contributed by atoms with Crippen molar-refractivity contribution >= 4 is 38.8 Å². The van der Waals surface area contributed by atoms with Crippen LogP contribution in [0.25, 0.3) is 0 Å². The molecule has 0 aliphatic carbocycles. The van der Waals surface area contributed by atoms with Gasteiger partial charge in [-0.15, -0.1) is 0 Å². The maximum absolute atomic E-state index is 5.15. The van der Waals surface area contributed by atoms with Gasteiger partial charge in [-0.3, -0.25) is 10.4 Å². The van der Waals surface area contributed by atoms with Crippen molar-refractivity contribution in [3.63, 3.8) is 0 Å². The van der Waals surface area contributed by atoms with Crippen LogP contribution in [0.15, 0.2) is 59.8 Å². The number of anilines is 1. The number of thiocarbonyl (C=S) groups is 1. The summed E-state index contributed by atoms with van der Waals surface area (Å²) >= 11 is 8.81. The quantitative estimate of drug-likeness (QED) is 0.376. The van der Waals surface area contributed by atoms with E-state index in [0.29, 0.717) is 5.11 Å². The molecule has 0 saturated heterocycles. The summed E-state index contributed by atoms with van der Waals surface area (Å²) in [7, 11) is 4.20. The standard InChI is InChI=1S/C14H14N4S.ClH.Cu/c1-11(13-9-5-6-10-15-13)17-18-14(19)16-12-7-3-2-4-8-12;;/h2-10H,1H3,(H2,16,18,19);1H;/q;;+1/p-1. The van der Waals surface area contributed by atoms with Crippen molar-refractivity contribution in [3.05, 3.63) is 60.4 Å². The van der Waals surface area contributed by atoms with Crippen LogP contribution in [0.2, 0.25) is 0 Å². The van der Waals surface area contributed by atoms with E-state index in [1.807, 2.05) is 55.5 Å². The number of aromatic nitrogens is 1. The van der Waals surface area contributed by atoms with Gasteiger partial charge in [0.2, 0.25) is 0 Å². The normalized spacial score (nSPS) is 10.2. The third-order valence-corrected chi connectivity index (χ3v) is 2.59. The minimum atomic E-state index is 0.446. The number of hydrazone groups is 1. The molecule has 2 aromatic rings. The van der Waals surface area contributed by atoms with E-state index in [1.54, 1.807) is 6.20 Å². The summed E-state index contributed by atoms with van der Waals surface area (Å²) in [6.45, 7) is 1.88. The van der Waals surface area contributed by atoms with E-state index in [1.165, 1.54) is 0 Å². The van der Waals surface area contributed by atoms with Gasteiger partial charge in [-0.2, -0.15) is 5.10 Å². The Kier molecular flexibility index (Phi) is 8.62. The molecule has 0 radical (unpaired) electrons. The number of hydrogen-bond donors (Lipinski definition) is 2. The number of rotatable bonds is 3. The molecule has 4 nitrogen and oxygen atoms in total. The predicted octanol–water partition coefficient (Wildman–Crippen LogP) is 3.48. The first-order valence-electron chi connectivity index (χ1n) is 5.95. The van der Waals surface area contributed by atoms with Crippen molar-refractivity contribution in [2.75, 3.05) is 5.32 Å². The monoisotopic (exact) mass is 368 g/mol. The Morgan fingerprint density at radius 2 is 1.81 bits per heavy atom. The van der Waals surface area contributed by atoms with Gasteiger partial charge < -0.3 is 5.32 Å². The molecular weight excluding hydrogens is 355 g/mol. The molecule has 7 heteroatoms. The Hall–Kier alpha value is -1.46. The van der Waals surface area contributed by atoms with Gasteiger partial charge in [0.1, 0.15) is 0 Å². The molecule has 0 fully saturated rings. The van der Waals surface area contributed by atoms with Crippen LogP contribution in [-0.4, -0.2) is 15.8 Å². The predicted molar refractivity (Wildman–Crippen MR) is 88.1 cm³/mol. The van der Waals surface area contributed by atoms with E-state index in [2.05, 4.69) is 46.0 Å². The zero-order valence-corrected chi connectivity index (χ0v) is 13.7. The fourth-order valence-corrected chi connectivity index (χ4v) is 1.61. The van der Waals surface area contributed by atoms with E-state index < -0.39 is 0 Å². The fourth-order valence-electron chi connectivity index (χ4n) is 1.45. The van der Waals surface area contributed by atoms with Gasteiger partial charge >= 0.3 is 25.2 Å². The summed E-state index contributed by atoms with van der Waals surface area (Å²) < 4.78 is 0. The molecule has 0 bridgehead atoms. The van der Waals surface area contributed by atoms with E-state index in [-0.39, 0.29) is 0 Å². The van der Waals surface area contributed by atoms with Crippen LogP contribution in [0.1, 0.15) is 12.6 Å². The Bertz CT molecular complexity index is 578. The first-order valence-corrected chi connectivity index (χ1v) is 7.65. The van der Waals surface area contributed by atoms with Crippen LogP contribution in [0.5, 0.6) is 0 Å². The maximum atomic E-state index is 5.15. The molecule has 21 heavy (non-hydrogen) atoms. The number of halogens is 1. The van der Waals surface area contributed by atoms with E-state index >= 15 is 0 Å². The molecule has 1 aromatic carbocycles. The number of nitrogens with zero attached hydrogens (tertiary/aromatic N) is 2. The molecule has 1 heterocycles. The van der Waals surface area contributed by atoms with Gasteiger partial charge in [0, 0.05) is 11.9 Å². The van der Waals surface area contributed by atoms with Crippen molar-refractivity contribution in [2.24, 2.45) is 5.10 Å². The number of para-hydroxylation sites is 1. The zero-order chi connectivity index (χ0) is 15.5. The SMILES string of the molecule is CC(=NNC(=S)Nc1ccccc1)c1ccccn1.[Cl][Cu]. The van der Waals surface area contributed by atoms with Crippen LogP contribution in [0.4, 0.5) is 5.69 Å². The zero-order valence-electron chi connectivity index (χ0n) is 11.2. The Morgan fingerprint density at radius 1 is 1.14 bits per heavy atom. The minimum absolute atomic E-state index is 0.446. The van der Waals surface area contributed by atoms with Gasteiger partial charge in [-0.1, -0.05) is 24.3 Å². The van der Waals surface area contributed by atoms with E-state index in [9.17, 15) is 0 Å². The van der Waals surface area contributed by atoms with Crippen molar-refractivity contribution in [2.45, 2.75) is 6.92 Å². The molecule has 0 unspecified atom stereocenters. The summed E-state index contributed by atoms with van der Waals surface area (Å²) in [5.74, 6) is 0. The van der Waals surface area contributed by atoms with Crippen LogP contribution in [-0.2, 0) is 15.1 Å². The Morgan fingerprint density at radius 3 is 2.43 bits per heavy atom. The molecule has 0 saturated carbocycles. The van der Waals surface area contributed by atoms with Gasteiger partial charge in [0.25, 0.3) is 0 Å². The van der Waals surface area contributed by atoms with E-state index in [4.69, 9.17) is 12.2 Å². The second-order valence-electron chi connectivity index (χ2n) is 3.84.